The molecule has 0 fully saturated rings. The number of aryl methyl sites for hydroxylation is 1. The zero-order valence-corrected chi connectivity index (χ0v) is 10.8. The third-order valence-corrected chi connectivity index (χ3v) is 2.60. The molecule has 0 spiro atoms. The first kappa shape index (κ1) is 13.3. The Morgan fingerprint density at radius 1 is 1.21 bits per heavy atom. The van der Waals surface area contributed by atoms with Gasteiger partial charge in [-0.05, 0) is 18.6 Å². The lowest BCUT2D eigenvalue weighted by molar-refractivity contribution is 0.332. The van der Waals surface area contributed by atoms with Crippen molar-refractivity contribution in [1.29, 1.82) is 0 Å². The van der Waals surface area contributed by atoms with Gasteiger partial charge in [0, 0.05) is 0 Å². The van der Waals surface area contributed by atoms with Crippen LogP contribution in [0.15, 0.2) is 36.7 Å². The van der Waals surface area contributed by atoms with E-state index < -0.39 is 0 Å². The molecule has 5 heteroatoms. The molecular formula is C14H16FN3O. The molecule has 0 unspecified atom stereocenters. The van der Waals surface area contributed by atoms with E-state index in [4.69, 9.17) is 4.74 Å². The maximum absolute atomic E-state index is 13.8. The van der Waals surface area contributed by atoms with Gasteiger partial charge >= 0.3 is 0 Å². The van der Waals surface area contributed by atoms with Crippen molar-refractivity contribution in [2.24, 2.45) is 0 Å². The normalized spacial score (nSPS) is 10.2. The van der Waals surface area contributed by atoms with E-state index in [9.17, 15) is 4.39 Å². The first-order valence-corrected chi connectivity index (χ1v) is 6.22. The van der Waals surface area contributed by atoms with E-state index in [-0.39, 0.29) is 11.6 Å². The predicted molar refractivity (Wildman–Crippen MR) is 71.8 cm³/mol. The SMILES string of the molecule is CCc1ncnc(NCCOc2ccccc2)c1F. The van der Waals surface area contributed by atoms with Gasteiger partial charge in [-0.1, -0.05) is 25.1 Å². The second-order valence-electron chi connectivity index (χ2n) is 3.92. The third kappa shape index (κ3) is 3.64. The van der Waals surface area contributed by atoms with E-state index in [1.54, 1.807) is 0 Å². The Morgan fingerprint density at radius 3 is 2.74 bits per heavy atom. The fourth-order valence-electron chi connectivity index (χ4n) is 1.63. The first-order chi connectivity index (χ1) is 9.31. The lowest BCUT2D eigenvalue weighted by Gasteiger charge is -2.09. The molecular weight excluding hydrogens is 245 g/mol. The number of benzene rings is 1. The maximum atomic E-state index is 13.8. The Balaban J connectivity index is 1.83. The highest BCUT2D eigenvalue weighted by Crippen LogP contribution is 2.13. The largest absolute Gasteiger partial charge is 0.492 e. The van der Waals surface area contributed by atoms with Crippen molar-refractivity contribution in [3.05, 3.63) is 48.2 Å². The van der Waals surface area contributed by atoms with Gasteiger partial charge in [-0.3, -0.25) is 0 Å². The van der Waals surface area contributed by atoms with E-state index in [1.165, 1.54) is 6.33 Å². The molecule has 100 valence electrons. The molecule has 2 rings (SSSR count). The Hall–Kier alpha value is -2.17. The summed E-state index contributed by atoms with van der Waals surface area (Å²) in [5.74, 6) is 0.634. The second-order valence-corrected chi connectivity index (χ2v) is 3.92. The van der Waals surface area contributed by atoms with Crippen molar-refractivity contribution >= 4 is 5.82 Å². The highest BCUT2D eigenvalue weighted by atomic mass is 19.1. The molecule has 0 saturated carbocycles. The Bertz CT molecular complexity index is 519. The van der Waals surface area contributed by atoms with Crippen molar-refractivity contribution in [3.63, 3.8) is 0 Å². The average molecular weight is 261 g/mol. The summed E-state index contributed by atoms with van der Waals surface area (Å²) in [5, 5.41) is 2.91. The van der Waals surface area contributed by atoms with Crippen molar-refractivity contribution in [2.45, 2.75) is 13.3 Å². The van der Waals surface area contributed by atoms with Gasteiger partial charge in [0.05, 0.1) is 12.2 Å². The number of ether oxygens (including phenoxy) is 1. The van der Waals surface area contributed by atoms with E-state index in [1.807, 2.05) is 37.3 Å². The molecule has 1 aromatic carbocycles. The minimum absolute atomic E-state index is 0.225. The number of halogens is 1. The predicted octanol–water partition coefficient (Wildman–Crippen LogP) is 2.67. The molecule has 0 bridgehead atoms. The molecule has 0 aliphatic rings. The van der Waals surface area contributed by atoms with E-state index in [0.29, 0.717) is 25.3 Å². The van der Waals surface area contributed by atoms with Gasteiger partial charge in [-0.2, -0.15) is 0 Å². The lowest BCUT2D eigenvalue weighted by atomic mass is 10.3. The molecule has 1 N–H and O–H groups in total. The molecule has 0 amide bonds. The van der Waals surface area contributed by atoms with Crippen LogP contribution >= 0.6 is 0 Å². The summed E-state index contributed by atoms with van der Waals surface area (Å²) in [6, 6.07) is 9.48. The molecule has 0 atom stereocenters. The van der Waals surface area contributed by atoms with Crippen molar-refractivity contribution in [3.8, 4) is 5.75 Å². The summed E-state index contributed by atoms with van der Waals surface area (Å²) in [6.45, 7) is 2.77. The first-order valence-electron chi connectivity index (χ1n) is 6.22. The quantitative estimate of drug-likeness (QED) is 0.812. The fourth-order valence-corrected chi connectivity index (χ4v) is 1.63. The summed E-state index contributed by atoms with van der Waals surface area (Å²) >= 11 is 0. The zero-order chi connectivity index (χ0) is 13.5. The van der Waals surface area contributed by atoms with Gasteiger partial charge in [0.25, 0.3) is 0 Å². The summed E-state index contributed by atoms with van der Waals surface area (Å²) < 4.78 is 19.3. The van der Waals surface area contributed by atoms with Gasteiger partial charge in [0.1, 0.15) is 18.7 Å². The Kier molecular flexibility index (Phi) is 4.66. The lowest BCUT2D eigenvalue weighted by Crippen LogP contribution is -2.14. The van der Waals surface area contributed by atoms with Crippen molar-refractivity contribution in [1.82, 2.24) is 9.97 Å². The minimum atomic E-state index is -0.385. The number of anilines is 1. The third-order valence-electron chi connectivity index (χ3n) is 2.60. The van der Waals surface area contributed by atoms with Crippen molar-refractivity contribution in [2.75, 3.05) is 18.5 Å². The minimum Gasteiger partial charge on any atom is -0.492 e. The van der Waals surface area contributed by atoms with Crippen LogP contribution in [-0.4, -0.2) is 23.1 Å². The summed E-state index contributed by atoms with van der Waals surface area (Å²) in [5.41, 5.74) is 0.418. The van der Waals surface area contributed by atoms with Crippen molar-refractivity contribution < 1.29 is 9.13 Å². The molecule has 4 nitrogen and oxygen atoms in total. The van der Waals surface area contributed by atoms with Crippen LogP contribution < -0.4 is 10.1 Å². The van der Waals surface area contributed by atoms with Crippen LogP contribution in [0.1, 0.15) is 12.6 Å². The van der Waals surface area contributed by atoms with E-state index in [0.717, 1.165) is 5.75 Å². The molecule has 0 saturated heterocycles. The fraction of sp³-hybridized carbons (Fsp3) is 0.286. The molecule has 19 heavy (non-hydrogen) atoms. The topological polar surface area (TPSA) is 47.0 Å². The molecule has 2 aromatic rings. The van der Waals surface area contributed by atoms with Crippen LogP contribution in [0.2, 0.25) is 0 Å². The number of para-hydroxylation sites is 1. The summed E-state index contributed by atoms with van der Waals surface area (Å²) in [4.78, 5) is 7.75. The molecule has 0 aliphatic heterocycles. The number of nitrogens with one attached hydrogen (secondary N) is 1. The van der Waals surface area contributed by atoms with Gasteiger partial charge < -0.3 is 10.1 Å². The van der Waals surface area contributed by atoms with Gasteiger partial charge in [-0.25, -0.2) is 14.4 Å². The highest BCUT2D eigenvalue weighted by molar-refractivity contribution is 5.37. The molecule has 0 aliphatic carbocycles. The smallest absolute Gasteiger partial charge is 0.186 e. The Morgan fingerprint density at radius 2 is 2.00 bits per heavy atom. The van der Waals surface area contributed by atoms with Gasteiger partial charge in [0.15, 0.2) is 11.6 Å². The average Bonchev–Trinajstić information content (AvgIpc) is 2.46. The Labute approximate surface area is 111 Å². The second kappa shape index (κ2) is 6.68. The summed E-state index contributed by atoms with van der Waals surface area (Å²) in [6.07, 6.45) is 1.91. The zero-order valence-electron chi connectivity index (χ0n) is 10.8. The van der Waals surface area contributed by atoms with Gasteiger partial charge in [-0.15, -0.1) is 0 Å². The summed E-state index contributed by atoms with van der Waals surface area (Å²) in [7, 11) is 0. The molecule has 1 aromatic heterocycles. The van der Waals surface area contributed by atoms with Gasteiger partial charge in [0.2, 0.25) is 0 Å². The highest BCUT2D eigenvalue weighted by Gasteiger charge is 2.08. The monoisotopic (exact) mass is 261 g/mol. The molecule has 1 heterocycles. The number of hydrogen-bond donors (Lipinski definition) is 1. The van der Waals surface area contributed by atoms with Crippen LogP contribution in [0.4, 0.5) is 10.2 Å². The maximum Gasteiger partial charge on any atom is 0.186 e. The standard InChI is InChI=1S/C14H16FN3O/c1-2-12-13(15)14(18-10-17-12)16-8-9-19-11-6-4-3-5-7-11/h3-7,10H,2,8-9H2,1H3,(H,16,17,18). The van der Waals surface area contributed by atoms with Crippen LogP contribution in [0, 0.1) is 5.82 Å². The number of hydrogen-bond acceptors (Lipinski definition) is 4. The van der Waals surface area contributed by atoms with E-state index >= 15 is 0 Å². The number of aromatic nitrogens is 2. The number of rotatable bonds is 6. The van der Waals surface area contributed by atoms with Crippen LogP contribution in [0.25, 0.3) is 0 Å². The van der Waals surface area contributed by atoms with E-state index in [2.05, 4.69) is 15.3 Å². The number of nitrogens with zero attached hydrogens (tertiary/aromatic N) is 2. The van der Waals surface area contributed by atoms with Crippen LogP contribution in [0.3, 0.4) is 0 Å². The molecule has 0 radical (unpaired) electrons. The van der Waals surface area contributed by atoms with Crippen LogP contribution in [-0.2, 0) is 6.42 Å². The van der Waals surface area contributed by atoms with Crippen LogP contribution in [0.5, 0.6) is 5.75 Å².